The van der Waals surface area contributed by atoms with Crippen molar-refractivity contribution < 1.29 is 14.6 Å². The van der Waals surface area contributed by atoms with E-state index in [0.717, 1.165) is 37.7 Å². The Hall–Kier alpha value is -2.01. The van der Waals surface area contributed by atoms with Crippen molar-refractivity contribution in [2.45, 2.75) is 0 Å². The molecule has 1 aliphatic heterocycles. The third-order valence-electron chi connectivity index (χ3n) is 3.05. The lowest BCUT2D eigenvalue weighted by Crippen LogP contribution is -2.36. The van der Waals surface area contributed by atoms with Gasteiger partial charge in [0.05, 0.1) is 13.2 Å². The van der Waals surface area contributed by atoms with E-state index in [1.54, 1.807) is 0 Å². The number of nitrogens with zero attached hydrogens (tertiary/aromatic N) is 1. The van der Waals surface area contributed by atoms with E-state index in [9.17, 15) is 4.79 Å². The molecule has 2 rings (SSSR count). The Bertz CT molecular complexity index is 450. The maximum absolute atomic E-state index is 10.6. The number of hydrogen-bond donors (Lipinski definition) is 2. The highest BCUT2D eigenvalue weighted by Crippen LogP contribution is 2.19. The van der Waals surface area contributed by atoms with Gasteiger partial charge in [-0.3, -0.25) is 0 Å². The number of nitrogens with one attached hydrogen (secondary N) is 1. The summed E-state index contributed by atoms with van der Waals surface area (Å²) in [7, 11) is 0. The Morgan fingerprint density at radius 3 is 2.53 bits per heavy atom. The smallest absolute Gasteiger partial charge is 0.332 e. The number of carbonyl (C=O) groups is 1. The lowest BCUT2D eigenvalue weighted by Gasteiger charge is -2.28. The minimum atomic E-state index is -0.975. The standard InChI is InChI=1S/C14H18N2O3/c1-11(14(17)18)10-15-12-2-4-13(5-3-12)16-6-8-19-9-7-16/h2-5,15H,1,6-10H2,(H,17,18). The Morgan fingerprint density at radius 1 is 1.32 bits per heavy atom. The molecule has 0 bridgehead atoms. The molecule has 1 aromatic rings. The van der Waals surface area contributed by atoms with Crippen molar-refractivity contribution in [3.05, 3.63) is 36.4 Å². The average Bonchev–Trinajstić information content (AvgIpc) is 2.46. The molecule has 19 heavy (non-hydrogen) atoms. The van der Waals surface area contributed by atoms with Gasteiger partial charge in [-0.15, -0.1) is 0 Å². The maximum Gasteiger partial charge on any atom is 0.332 e. The van der Waals surface area contributed by atoms with E-state index in [1.807, 2.05) is 24.3 Å². The Balaban J connectivity index is 1.90. The predicted molar refractivity (Wildman–Crippen MR) is 74.7 cm³/mol. The van der Waals surface area contributed by atoms with Crippen LogP contribution in [0.15, 0.2) is 36.4 Å². The molecule has 1 aromatic carbocycles. The number of anilines is 2. The van der Waals surface area contributed by atoms with Crippen molar-refractivity contribution in [3.8, 4) is 0 Å². The SMILES string of the molecule is C=C(CNc1ccc(N2CCOCC2)cc1)C(=O)O. The fourth-order valence-corrected chi connectivity index (χ4v) is 1.90. The van der Waals surface area contributed by atoms with E-state index in [1.165, 1.54) is 0 Å². The predicted octanol–water partition coefficient (Wildman–Crippen LogP) is 1.58. The summed E-state index contributed by atoms with van der Waals surface area (Å²) in [6.07, 6.45) is 0. The first-order valence-corrected chi connectivity index (χ1v) is 6.24. The van der Waals surface area contributed by atoms with Crippen LogP contribution in [0.25, 0.3) is 0 Å². The lowest BCUT2D eigenvalue weighted by atomic mass is 10.2. The van der Waals surface area contributed by atoms with Crippen molar-refractivity contribution >= 4 is 17.3 Å². The zero-order valence-corrected chi connectivity index (χ0v) is 10.8. The van der Waals surface area contributed by atoms with E-state index in [4.69, 9.17) is 9.84 Å². The maximum atomic E-state index is 10.6. The summed E-state index contributed by atoms with van der Waals surface area (Å²) in [5, 5.41) is 11.7. The number of carboxylic acids is 1. The molecule has 0 spiro atoms. The number of carboxylic acid groups (broad SMARTS) is 1. The van der Waals surface area contributed by atoms with Crippen LogP contribution in [-0.2, 0) is 9.53 Å². The third-order valence-corrected chi connectivity index (χ3v) is 3.05. The first kappa shape index (κ1) is 13.4. The highest BCUT2D eigenvalue weighted by atomic mass is 16.5. The fourth-order valence-electron chi connectivity index (χ4n) is 1.90. The van der Waals surface area contributed by atoms with Gasteiger partial charge in [-0.2, -0.15) is 0 Å². The van der Waals surface area contributed by atoms with Crippen molar-refractivity contribution in [1.82, 2.24) is 0 Å². The topological polar surface area (TPSA) is 61.8 Å². The first-order chi connectivity index (χ1) is 9.16. The van der Waals surface area contributed by atoms with Gasteiger partial charge < -0.3 is 20.1 Å². The van der Waals surface area contributed by atoms with Crippen LogP contribution in [0.4, 0.5) is 11.4 Å². The van der Waals surface area contributed by atoms with Crippen LogP contribution in [0.3, 0.4) is 0 Å². The van der Waals surface area contributed by atoms with E-state index in [-0.39, 0.29) is 12.1 Å². The van der Waals surface area contributed by atoms with Gasteiger partial charge in [-0.05, 0) is 24.3 Å². The van der Waals surface area contributed by atoms with Crippen molar-refractivity contribution in [2.75, 3.05) is 43.1 Å². The summed E-state index contributed by atoms with van der Waals surface area (Å²) in [6.45, 7) is 7.05. The second-order valence-electron chi connectivity index (χ2n) is 4.41. The van der Waals surface area contributed by atoms with Gasteiger partial charge in [0.25, 0.3) is 0 Å². The molecule has 5 heteroatoms. The second-order valence-corrected chi connectivity index (χ2v) is 4.41. The van der Waals surface area contributed by atoms with Gasteiger partial charge in [0.15, 0.2) is 0 Å². The normalized spacial score (nSPS) is 15.1. The van der Waals surface area contributed by atoms with E-state index < -0.39 is 5.97 Å². The van der Waals surface area contributed by atoms with Crippen LogP contribution in [0.2, 0.25) is 0 Å². The summed E-state index contributed by atoms with van der Waals surface area (Å²) >= 11 is 0. The molecule has 0 aliphatic carbocycles. The molecule has 5 nitrogen and oxygen atoms in total. The average molecular weight is 262 g/mol. The van der Waals surface area contributed by atoms with Crippen LogP contribution in [0, 0.1) is 0 Å². The number of rotatable bonds is 5. The van der Waals surface area contributed by atoms with Crippen molar-refractivity contribution in [2.24, 2.45) is 0 Å². The molecule has 0 aromatic heterocycles. The minimum absolute atomic E-state index is 0.150. The monoisotopic (exact) mass is 262 g/mol. The van der Waals surface area contributed by atoms with Gasteiger partial charge in [-0.1, -0.05) is 6.58 Å². The summed E-state index contributed by atoms with van der Waals surface area (Å²) in [6, 6.07) is 7.94. The lowest BCUT2D eigenvalue weighted by molar-refractivity contribution is -0.132. The van der Waals surface area contributed by atoms with E-state index >= 15 is 0 Å². The highest BCUT2D eigenvalue weighted by molar-refractivity contribution is 5.86. The second kappa shape index (κ2) is 6.24. The Morgan fingerprint density at radius 2 is 1.95 bits per heavy atom. The minimum Gasteiger partial charge on any atom is -0.478 e. The molecule has 102 valence electrons. The first-order valence-electron chi connectivity index (χ1n) is 6.24. The fraction of sp³-hybridized carbons (Fsp3) is 0.357. The molecule has 0 amide bonds. The van der Waals surface area contributed by atoms with Crippen LogP contribution < -0.4 is 10.2 Å². The van der Waals surface area contributed by atoms with Crippen molar-refractivity contribution in [1.29, 1.82) is 0 Å². The van der Waals surface area contributed by atoms with Gasteiger partial charge in [0.1, 0.15) is 0 Å². The number of aliphatic carboxylic acids is 1. The number of ether oxygens (including phenoxy) is 1. The van der Waals surface area contributed by atoms with Crippen molar-refractivity contribution in [3.63, 3.8) is 0 Å². The number of hydrogen-bond acceptors (Lipinski definition) is 4. The van der Waals surface area contributed by atoms with Gasteiger partial charge in [-0.25, -0.2) is 4.79 Å². The molecule has 1 heterocycles. The molecule has 0 atom stereocenters. The van der Waals surface area contributed by atoms with Crippen LogP contribution in [0.1, 0.15) is 0 Å². The van der Waals surface area contributed by atoms with Gasteiger partial charge in [0.2, 0.25) is 0 Å². The van der Waals surface area contributed by atoms with Gasteiger partial charge >= 0.3 is 5.97 Å². The summed E-state index contributed by atoms with van der Waals surface area (Å²) in [5.74, 6) is -0.975. The molecule has 1 aliphatic rings. The Kier molecular flexibility index (Phi) is 4.41. The molecule has 0 radical (unpaired) electrons. The molecular weight excluding hydrogens is 244 g/mol. The van der Waals surface area contributed by atoms with E-state index in [2.05, 4.69) is 16.8 Å². The number of morpholine rings is 1. The molecular formula is C14H18N2O3. The van der Waals surface area contributed by atoms with E-state index in [0.29, 0.717) is 0 Å². The summed E-state index contributed by atoms with van der Waals surface area (Å²) in [4.78, 5) is 12.9. The summed E-state index contributed by atoms with van der Waals surface area (Å²) in [5.41, 5.74) is 2.20. The molecule has 1 fully saturated rings. The highest BCUT2D eigenvalue weighted by Gasteiger charge is 2.10. The Labute approximate surface area is 112 Å². The largest absolute Gasteiger partial charge is 0.478 e. The van der Waals surface area contributed by atoms with Crippen LogP contribution in [-0.4, -0.2) is 43.9 Å². The quantitative estimate of drug-likeness (QED) is 0.789. The molecule has 2 N–H and O–H groups in total. The van der Waals surface area contributed by atoms with Gasteiger partial charge in [0, 0.05) is 36.6 Å². The molecule has 0 saturated carbocycles. The third kappa shape index (κ3) is 3.72. The van der Waals surface area contributed by atoms with Crippen LogP contribution in [0.5, 0.6) is 0 Å². The molecule has 0 unspecified atom stereocenters. The van der Waals surface area contributed by atoms with Crippen LogP contribution >= 0.6 is 0 Å². The zero-order chi connectivity index (χ0) is 13.7. The zero-order valence-electron chi connectivity index (χ0n) is 10.8. The number of benzene rings is 1. The summed E-state index contributed by atoms with van der Waals surface area (Å²) < 4.78 is 5.31. The molecule has 1 saturated heterocycles.